The smallest absolute Gasteiger partial charge is 0.421 e. The highest BCUT2D eigenvalue weighted by Crippen LogP contribution is 2.54. The molecule has 30 heavy (non-hydrogen) atoms. The van der Waals surface area contributed by atoms with Crippen molar-refractivity contribution in [2.24, 2.45) is 17.3 Å². The molecule has 3 fully saturated rings. The van der Waals surface area contributed by atoms with Crippen LogP contribution in [-0.2, 0) is 17.4 Å². The summed E-state index contributed by atoms with van der Waals surface area (Å²) < 4.78 is 44.9. The molecule has 166 valence electrons. The van der Waals surface area contributed by atoms with E-state index in [1.807, 2.05) is 4.90 Å². The summed E-state index contributed by atoms with van der Waals surface area (Å²) in [6.45, 7) is 6.63. The van der Waals surface area contributed by atoms with Gasteiger partial charge in [-0.3, -0.25) is 4.79 Å². The first-order valence-electron chi connectivity index (χ1n) is 10.6. The average Bonchev–Trinajstić information content (AvgIpc) is 2.51. The van der Waals surface area contributed by atoms with Crippen molar-refractivity contribution in [3.8, 4) is 5.88 Å². The van der Waals surface area contributed by atoms with Gasteiger partial charge in [0.2, 0.25) is 11.8 Å². The molecular weight excluding hydrogens is 397 g/mol. The predicted octanol–water partition coefficient (Wildman–Crippen LogP) is 3.83. The van der Waals surface area contributed by atoms with Crippen LogP contribution in [-0.4, -0.2) is 45.7 Å². The van der Waals surface area contributed by atoms with Gasteiger partial charge < -0.3 is 14.7 Å². The minimum atomic E-state index is -4.49. The lowest BCUT2D eigenvalue weighted by molar-refractivity contribution is -0.171. The van der Waals surface area contributed by atoms with Crippen molar-refractivity contribution in [1.29, 1.82) is 0 Å². The van der Waals surface area contributed by atoms with E-state index in [2.05, 4.69) is 4.98 Å². The molecule has 5 nitrogen and oxygen atoms in total. The Kier molecular flexibility index (Phi) is 5.07. The number of likely N-dealkylation sites (tertiary alicyclic amines) is 1. The van der Waals surface area contributed by atoms with Crippen molar-refractivity contribution in [1.82, 2.24) is 9.88 Å². The fraction of sp³-hybridized carbons (Fsp3) is 0.727. The number of carbonyl (C=O) groups excluding carboxylic acids is 1. The van der Waals surface area contributed by atoms with Gasteiger partial charge in [-0.1, -0.05) is 0 Å². The van der Waals surface area contributed by atoms with Crippen LogP contribution in [0.4, 0.5) is 13.2 Å². The molecule has 2 aliphatic carbocycles. The van der Waals surface area contributed by atoms with Crippen LogP contribution >= 0.6 is 0 Å². The summed E-state index contributed by atoms with van der Waals surface area (Å²) in [5.41, 5.74) is -0.761. The third-order valence-electron chi connectivity index (χ3n) is 6.60. The highest BCUT2D eigenvalue weighted by Gasteiger charge is 2.55. The molecule has 1 spiro atoms. The minimum Gasteiger partial charge on any atom is -0.475 e. The van der Waals surface area contributed by atoms with E-state index in [1.54, 1.807) is 20.8 Å². The van der Waals surface area contributed by atoms with Gasteiger partial charge >= 0.3 is 6.18 Å². The van der Waals surface area contributed by atoms with E-state index >= 15 is 0 Å². The van der Waals surface area contributed by atoms with Gasteiger partial charge in [-0.2, -0.15) is 13.2 Å². The zero-order chi connectivity index (χ0) is 21.9. The number of rotatable bonds is 5. The van der Waals surface area contributed by atoms with Gasteiger partial charge in [0.1, 0.15) is 5.56 Å². The van der Waals surface area contributed by atoms with Crippen molar-refractivity contribution in [3.05, 3.63) is 23.4 Å². The Hall–Kier alpha value is -1.83. The Morgan fingerprint density at radius 1 is 1.27 bits per heavy atom. The maximum Gasteiger partial charge on any atom is 0.421 e. The molecule has 0 unspecified atom stereocenters. The van der Waals surface area contributed by atoms with Crippen molar-refractivity contribution in [2.75, 3.05) is 13.1 Å². The van der Waals surface area contributed by atoms with E-state index in [-0.39, 0.29) is 23.1 Å². The maximum atomic E-state index is 13.2. The number of ether oxygens (including phenoxy) is 1. The lowest BCUT2D eigenvalue weighted by Crippen LogP contribution is -2.66. The fourth-order valence-corrected chi connectivity index (χ4v) is 5.34. The number of alkyl halides is 3. The second-order valence-electron chi connectivity index (χ2n) is 10.1. The summed E-state index contributed by atoms with van der Waals surface area (Å²) in [6.07, 6.45) is -1.26. The van der Waals surface area contributed by atoms with E-state index in [1.165, 1.54) is 6.07 Å². The molecule has 1 aromatic rings. The zero-order valence-corrected chi connectivity index (χ0v) is 17.6. The first-order chi connectivity index (χ1) is 13.9. The van der Waals surface area contributed by atoms with Crippen LogP contribution < -0.4 is 4.74 Å². The molecule has 1 aliphatic heterocycles. The third kappa shape index (κ3) is 4.15. The molecule has 2 saturated carbocycles. The largest absolute Gasteiger partial charge is 0.475 e. The SMILES string of the molecule is CC(C)Oc1nc(CC2CC3(C2)CN(C(=O)[C@H]2C[C@@](C)(O)C2)C3)ccc1C(F)(F)F. The van der Waals surface area contributed by atoms with Crippen LogP contribution in [0, 0.1) is 17.3 Å². The van der Waals surface area contributed by atoms with Crippen molar-refractivity contribution in [2.45, 2.75) is 70.8 Å². The molecule has 8 heteroatoms. The topological polar surface area (TPSA) is 62.7 Å². The first kappa shape index (κ1) is 21.4. The van der Waals surface area contributed by atoms with E-state index in [0.717, 1.165) is 32.0 Å². The maximum absolute atomic E-state index is 13.2. The summed E-state index contributed by atoms with van der Waals surface area (Å²) in [5.74, 6) is 0.114. The summed E-state index contributed by atoms with van der Waals surface area (Å²) in [7, 11) is 0. The molecule has 1 N–H and O–H groups in total. The number of pyridine rings is 1. The van der Waals surface area contributed by atoms with Crippen LogP contribution in [0.2, 0.25) is 0 Å². The van der Waals surface area contributed by atoms with E-state index in [0.29, 0.717) is 30.9 Å². The quantitative estimate of drug-likeness (QED) is 0.777. The van der Waals surface area contributed by atoms with E-state index in [9.17, 15) is 23.1 Å². The lowest BCUT2D eigenvalue weighted by Gasteiger charge is -2.60. The molecular formula is C22H29F3N2O3. The summed E-state index contributed by atoms with van der Waals surface area (Å²) in [5, 5.41) is 9.82. The number of hydrogen-bond acceptors (Lipinski definition) is 4. The van der Waals surface area contributed by atoms with Crippen molar-refractivity contribution >= 4 is 5.91 Å². The van der Waals surface area contributed by atoms with Gasteiger partial charge in [0.15, 0.2) is 0 Å². The fourth-order valence-electron chi connectivity index (χ4n) is 5.34. The van der Waals surface area contributed by atoms with Gasteiger partial charge in [-0.05, 0) is 70.9 Å². The van der Waals surface area contributed by atoms with Crippen LogP contribution in [0.25, 0.3) is 0 Å². The van der Waals surface area contributed by atoms with Gasteiger partial charge in [0.25, 0.3) is 0 Å². The standard InChI is InChI=1S/C22H29F3N2O3/c1-13(2)30-18-17(22(23,24)25)5-4-16(26-18)6-14-7-21(8-14)11-27(12-21)19(28)15-9-20(3,29)10-15/h4-5,13-15,29H,6-12H2,1-3H3/t15-,20+. The number of hydrogen-bond donors (Lipinski definition) is 1. The van der Waals surface area contributed by atoms with Gasteiger partial charge in [-0.25, -0.2) is 4.98 Å². The summed E-state index contributed by atoms with van der Waals surface area (Å²) in [4.78, 5) is 18.5. The summed E-state index contributed by atoms with van der Waals surface area (Å²) in [6, 6.07) is 2.51. The van der Waals surface area contributed by atoms with Gasteiger partial charge in [-0.15, -0.1) is 0 Å². The Morgan fingerprint density at radius 2 is 1.90 bits per heavy atom. The van der Waals surface area contributed by atoms with Gasteiger partial charge in [0.05, 0.1) is 11.7 Å². The van der Waals surface area contributed by atoms with Crippen molar-refractivity contribution in [3.63, 3.8) is 0 Å². The van der Waals surface area contributed by atoms with E-state index in [4.69, 9.17) is 4.74 Å². The van der Waals surface area contributed by atoms with E-state index < -0.39 is 23.4 Å². The number of aromatic nitrogens is 1. The Morgan fingerprint density at radius 3 is 2.43 bits per heavy atom. The normalized spacial score (nSPS) is 28.1. The van der Waals surface area contributed by atoms with Crippen LogP contribution in [0.5, 0.6) is 5.88 Å². The zero-order valence-electron chi connectivity index (χ0n) is 17.6. The van der Waals surface area contributed by atoms with Crippen LogP contribution in [0.3, 0.4) is 0 Å². The molecule has 0 bridgehead atoms. The molecule has 4 rings (SSSR count). The molecule has 2 heterocycles. The molecule has 3 aliphatic rings. The number of carbonyl (C=O) groups is 1. The van der Waals surface area contributed by atoms with Crippen LogP contribution in [0.1, 0.15) is 57.7 Å². The number of aliphatic hydroxyl groups is 1. The monoisotopic (exact) mass is 426 g/mol. The number of halogens is 3. The summed E-state index contributed by atoms with van der Waals surface area (Å²) >= 11 is 0. The predicted molar refractivity (Wildman–Crippen MR) is 104 cm³/mol. The first-order valence-corrected chi connectivity index (χ1v) is 10.6. The molecule has 1 amide bonds. The second-order valence-corrected chi connectivity index (χ2v) is 10.1. The molecule has 1 aromatic heterocycles. The third-order valence-corrected chi connectivity index (χ3v) is 6.60. The Bertz CT molecular complexity index is 815. The van der Waals surface area contributed by atoms with Gasteiger partial charge in [0, 0.05) is 30.1 Å². The Labute approximate surface area is 174 Å². The number of amides is 1. The number of nitrogens with zero attached hydrogens (tertiary/aromatic N) is 2. The molecule has 0 aromatic carbocycles. The molecule has 1 saturated heterocycles. The highest BCUT2D eigenvalue weighted by molar-refractivity contribution is 5.81. The Balaban J connectivity index is 1.30. The minimum absolute atomic E-state index is 0.0519. The average molecular weight is 426 g/mol. The molecule has 0 radical (unpaired) electrons. The lowest BCUT2D eigenvalue weighted by atomic mass is 9.56. The highest BCUT2D eigenvalue weighted by atomic mass is 19.4. The second kappa shape index (κ2) is 7.11. The van der Waals surface area contributed by atoms with Crippen molar-refractivity contribution < 1.29 is 27.8 Å². The van der Waals surface area contributed by atoms with Crippen LogP contribution in [0.15, 0.2) is 12.1 Å². The molecule has 0 atom stereocenters.